The molecule has 1 atom stereocenters. The highest BCUT2D eigenvalue weighted by Gasteiger charge is 2.16. The number of carbonyl (C=O) groups excluding carboxylic acids is 1. The lowest BCUT2D eigenvalue weighted by atomic mass is 10.1. The summed E-state index contributed by atoms with van der Waals surface area (Å²) in [5, 5.41) is 0. The van der Waals surface area contributed by atoms with Gasteiger partial charge in [-0.2, -0.15) is 0 Å². The topological polar surface area (TPSA) is 20.3 Å². The number of hydrogen-bond acceptors (Lipinski definition) is 1. The summed E-state index contributed by atoms with van der Waals surface area (Å²) in [6.07, 6.45) is 2.81. The highest BCUT2D eigenvalue weighted by atomic mass is 19.2. The van der Waals surface area contributed by atoms with E-state index in [-0.39, 0.29) is 11.7 Å². The Kier molecular flexibility index (Phi) is 5.21. The average Bonchev–Trinajstić information content (AvgIpc) is 2.54. The van der Waals surface area contributed by atoms with Gasteiger partial charge in [-0.3, -0.25) is 4.79 Å². The minimum Gasteiger partial charge on any atom is -0.335 e. The molecule has 2 aromatic carbocycles. The third-order valence-corrected chi connectivity index (χ3v) is 3.62. The second-order valence-electron chi connectivity index (χ2n) is 5.19. The Morgan fingerprint density at radius 1 is 1.09 bits per heavy atom. The van der Waals surface area contributed by atoms with E-state index < -0.39 is 17.7 Å². The van der Waals surface area contributed by atoms with Crippen LogP contribution < -0.4 is 0 Å². The van der Waals surface area contributed by atoms with Crippen molar-refractivity contribution in [3.63, 3.8) is 0 Å². The Balaban J connectivity index is 2.10. The van der Waals surface area contributed by atoms with Crippen molar-refractivity contribution >= 4 is 12.0 Å². The van der Waals surface area contributed by atoms with Crippen LogP contribution in [-0.2, 0) is 4.79 Å². The number of benzene rings is 2. The first kappa shape index (κ1) is 16.8. The van der Waals surface area contributed by atoms with Crippen LogP contribution in [0.15, 0.2) is 48.5 Å². The van der Waals surface area contributed by atoms with E-state index in [1.165, 1.54) is 35.3 Å². The molecule has 5 heteroatoms. The fourth-order valence-electron chi connectivity index (χ4n) is 2.08. The van der Waals surface area contributed by atoms with Gasteiger partial charge < -0.3 is 4.90 Å². The Hall–Kier alpha value is -2.56. The molecule has 0 N–H and O–H groups in total. The summed E-state index contributed by atoms with van der Waals surface area (Å²) in [6, 6.07) is 8.94. The second-order valence-corrected chi connectivity index (χ2v) is 5.19. The van der Waals surface area contributed by atoms with Crippen LogP contribution in [0.1, 0.15) is 24.1 Å². The molecule has 0 radical (unpaired) electrons. The first-order chi connectivity index (χ1) is 10.9. The van der Waals surface area contributed by atoms with E-state index in [1.807, 2.05) is 0 Å². The molecule has 0 aliphatic carbocycles. The predicted octanol–water partition coefficient (Wildman–Crippen LogP) is 4.34. The number of amides is 1. The van der Waals surface area contributed by atoms with Crippen molar-refractivity contribution in [2.24, 2.45) is 0 Å². The van der Waals surface area contributed by atoms with E-state index in [1.54, 1.807) is 26.1 Å². The van der Waals surface area contributed by atoms with E-state index in [0.29, 0.717) is 11.1 Å². The van der Waals surface area contributed by atoms with Crippen molar-refractivity contribution in [1.29, 1.82) is 0 Å². The summed E-state index contributed by atoms with van der Waals surface area (Å²) in [7, 11) is 1.56. The van der Waals surface area contributed by atoms with Crippen LogP contribution in [0.25, 0.3) is 6.08 Å². The summed E-state index contributed by atoms with van der Waals surface area (Å²) in [4.78, 5) is 13.5. The van der Waals surface area contributed by atoms with Gasteiger partial charge in [0.05, 0.1) is 6.04 Å². The molecule has 0 saturated carbocycles. The molecule has 120 valence electrons. The van der Waals surface area contributed by atoms with Crippen molar-refractivity contribution in [2.45, 2.75) is 13.0 Å². The zero-order valence-electron chi connectivity index (χ0n) is 12.8. The van der Waals surface area contributed by atoms with E-state index in [2.05, 4.69) is 0 Å². The van der Waals surface area contributed by atoms with E-state index in [0.717, 1.165) is 12.1 Å². The largest absolute Gasteiger partial charge is 0.335 e. The first-order valence-electron chi connectivity index (χ1n) is 7.04. The lowest BCUT2D eigenvalue weighted by Crippen LogP contribution is -2.28. The molecule has 0 heterocycles. The number of likely N-dealkylation sites (N-methyl/N-ethyl adjacent to an activating group) is 1. The van der Waals surface area contributed by atoms with Crippen molar-refractivity contribution < 1.29 is 18.0 Å². The second kappa shape index (κ2) is 7.13. The molecule has 0 spiro atoms. The van der Waals surface area contributed by atoms with Gasteiger partial charge in [-0.05, 0) is 48.4 Å². The molecule has 0 fully saturated rings. The molecular formula is C18H16F3NO. The Morgan fingerprint density at radius 2 is 1.83 bits per heavy atom. The highest BCUT2D eigenvalue weighted by molar-refractivity contribution is 5.91. The van der Waals surface area contributed by atoms with Gasteiger partial charge in [0.2, 0.25) is 5.91 Å². The van der Waals surface area contributed by atoms with Gasteiger partial charge in [0.1, 0.15) is 5.82 Å². The third-order valence-electron chi connectivity index (χ3n) is 3.62. The smallest absolute Gasteiger partial charge is 0.246 e. The van der Waals surface area contributed by atoms with Gasteiger partial charge >= 0.3 is 0 Å². The molecular weight excluding hydrogens is 303 g/mol. The molecule has 2 nitrogen and oxygen atoms in total. The van der Waals surface area contributed by atoms with Gasteiger partial charge in [0, 0.05) is 13.1 Å². The summed E-state index contributed by atoms with van der Waals surface area (Å²) >= 11 is 0. The molecule has 2 aromatic rings. The van der Waals surface area contributed by atoms with Gasteiger partial charge in [0.25, 0.3) is 0 Å². The number of halogens is 3. The van der Waals surface area contributed by atoms with Crippen LogP contribution in [0.3, 0.4) is 0 Å². The Morgan fingerprint density at radius 3 is 2.48 bits per heavy atom. The SMILES string of the molecule is CC(c1ccc(F)c(F)c1)N(C)C(=O)/C=C/c1cccc(F)c1. The maximum absolute atomic E-state index is 13.3. The lowest BCUT2D eigenvalue weighted by Gasteiger charge is -2.24. The summed E-state index contributed by atoms with van der Waals surface area (Å²) in [5.74, 6) is -2.60. The van der Waals surface area contributed by atoms with Crippen LogP contribution in [-0.4, -0.2) is 17.9 Å². The van der Waals surface area contributed by atoms with Crippen molar-refractivity contribution in [3.05, 3.63) is 77.1 Å². The van der Waals surface area contributed by atoms with Crippen LogP contribution in [0.4, 0.5) is 13.2 Å². The minimum absolute atomic E-state index is 0.327. The Labute approximate surface area is 132 Å². The molecule has 2 rings (SSSR count). The number of hydrogen-bond donors (Lipinski definition) is 0. The lowest BCUT2D eigenvalue weighted by molar-refractivity contribution is -0.126. The fraction of sp³-hybridized carbons (Fsp3) is 0.167. The number of rotatable bonds is 4. The molecule has 0 saturated heterocycles. The molecule has 0 aliphatic heterocycles. The fourth-order valence-corrected chi connectivity index (χ4v) is 2.08. The predicted molar refractivity (Wildman–Crippen MR) is 83.0 cm³/mol. The van der Waals surface area contributed by atoms with Gasteiger partial charge in [0.15, 0.2) is 11.6 Å². The van der Waals surface area contributed by atoms with Crippen LogP contribution in [0, 0.1) is 17.5 Å². The first-order valence-corrected chi connectivity index (χ1v) is 7.04. The molecule has 1 amide bonds. The molecule has 1 unspecified atom stereocenters. The van der Waals surface area contributed by atoms with Crippen LogP contribution in [0.2, 0.25) is 0 Å². The van der Waals surface area contributed by atoms with Crippen LogP contribution >= 0.6 is 0 Å². The van der Waals surface area contributed by atoms with Crippen LogP contribution in [0.5, 0.6) is 0 Å². The summed E-state index contributed by atoms with van der Waals surface area (Å²) < 4.78 is 39.3. The number of nitrogens with zero attached hydrogens (tertiary/aromatic N) is 1. The monoisotopic (exact) mass is 319 g/mol. The molecule has 23 heavy (non-hydrogen) atoms. The number of carbonyl (C=O) groups is 1. The normalized spacial score (nSPS) is 12.4. The molecule has 0 aromatic heterocycles. The maximum atomic E-state index is 13.3. The van der Waals surface area contributed by atoms with Crippen molar-refractivity contribution in [2.75, 3.05) is 7.05 Å². The van der Waals surface area contributed by atoms with Crippen molar-refractivity contribution in [1.82, 2.24) is 4.90 Å². The molecule has 0 bridgehead atoms. The zero-order chi connectivity index (χ0) is 17.0. The van der Waals surface area contributed by atoms with Gasteiger partial charge in [-0.1, -0.05) is 18.2 Å². The quantitative estimate of drug-likeness (QED) is 0.768. The van der Waals surface area contributed by atoms with Crippen molar-refractivity contribution in [3.8, 4) is 0 Å². The van der Waals surface area contributed by atoms with Gasteiger partial charge in [-0.25, -0.2) is 13.2 Å². The average molecular weight is 319 g/mol. The Bertz CT molecular complexity index is 743. The minimum atomic E-state index is -0.953. The molecule has 0 aliphatic rings. The maximum Gasteiger partial charge on any atom is 0.246 e. The van der Waals surface area contributed by atoms with E-state index in [4.69, 9.17) is 0 Å². The van der Waals surface area contributed by atoms with Gasteiger partial charge in [-0.15, -0.1) is 0 Å². The highest BCUT2D eigenvalue weighted by Crippen LogP contribution is 2.21. The standard InChI is InChI=1S/C18H16F3NO/c1-12(14-7-8-16(20)17(21)11-14)22(2)18(23)9-6-13-4-3-5-15(19)10-13/h3-12H,1-2H3/b9-6+. The third kappa shape index (κ3) is 4.22. The summed E-state index contributed by atoms with van der Waals surface area (Å²) in [5.41, 5.74) is 1.05. The van der Waals surface area contributed by atoms with E-state index >= 15 is 0 Å². The summed E-state index contributed by atoms with van der Waals surface area (Å²) in [6.45, 7) is 1.71. The zero-order valence-corrected chi connectivity index (χ0v) is 12.8. The van der Waals surface area contributed by atoms with E-state index in [9.17, 15) is 18.0 Å².